The normalized spacial score (nSPS) is 11.2. The highest BCUT2D eigenvalue weighted by atomic mass is 15.4. The van der Waals surface area contributed by atoms with Crippen LogP contribution in [0.4, 0.5) is 11.6 Å². The van der Waals surface area contributed by atoms with Crippen molar-refractivity contribution in [3.8, 4) is 0 Å². The van der Waals surface area contributed by atoms with Gasteiger partial charge in [0.15, 0.2) is 5.65 Å². The first-order valence-electron chi connectivity index (χ1n) is 8.84. The molecule has 0 aliphatic carbocycles. The van der Waals surface area contributed by atoms with Gasteiger partial charge in [0.1, 0.15) is 5.82 Å². The average Bonchev–Trinajstić information content (AvgIpc) is 3.07. The summed E-state index contributed by atoms with van der Waals surface area (Å²) >= 11 is 0. The molecule has 0 fully saturated rings. The van der Waals surface area contributed by atoms with Gasteiger partial charge >= 0.3 is 0 Å². The van der Waals surface area contributed by atoms with Crippen molar-refractivity contribution in [1.82, 2.24) is 19.6 Å². The van der Waals surface area contributed by atoms with Crippen molar-refractivity contribution < 1.29 is 0 Å². The number of fused-ring (bicyclic) bond motifs is 3. The number of rotatable bonds is 6. The van der Waals surface area contributed by atoms with Crippen molar-refractivity contribution in [3.05, 3.63) is 60.4 Å². The summed E-state index contributed by atoms with van der Waals surface area (Å²) in [5.41, 5.74) is 3.00. The number of para-hydroxylation sites is 2. The SMILES string of the molecule is Cc1nc2c3ccccc3nc(NCCCN(C)c3ccccc3)n2n1. The van der Waals surface area contributed by atoms with Crippen LogP contribution in [0.5, 0.6) is 0 Å². The predicted octanol–water partition coefficient (Wildman–Crippen LogP) is 3.52. The van der Waals surface area contributed by atoms with Crippen LogP contribution in [-0.2, 0) is 0 Å². The molecule has 6 heteroatoms. The van der Waals surface area contributed by atoms with Crippen LogP contribution in [0.25, 0.3) is 16.6 Å². The number of anilines is 2. The number of hydrogen-bond acceptors (Lipinski definition) is 5. The molecule has 0 aliphatic heterocycles. The largest absolute Gasteiger partial charge is 0.375 e. The van der Waals surface area contributed by atoms with Crippen LogP contribution in [-0.4, -0.2) is 39.7 Å². The van der Waals surface area contributed by atoms with Gasteiger partial charge in [-0.05, 0) is 37.6 Å². The molecule has 0 amide bonds. The first-order valence-corrected chi connectivity index (χ1v) is 8.84. The van der Waals surface area contributed by atoms with Gasteiger partial charge in [0.2, 0.25) is 5.95 Å². The van der Waals surface area contributed by atoms with E-state index in [0.29, 0.717) is 0 Å². The van der Waals surface area contributed by atoms with E-state index in [1.807, 2.05) is 37.3 Å². The van der Waals surface area contributed by atoms with Crippen molar-refractivity contribution >= 4 is 28.2 Å². The van der Waals surface area contributed by atoms with Crippen LogP contribution in [0.3, 0.4) is 0 Å². The number of nitrogens with one attached hydrogen (secondary N) is 1. The van der Waals surface area contributed by atoms with Crippen LogP contribution < -0.4 is 10.2 Å². The standard InChI is InChI=1S/C20H22N6/c1-15-22-19-17-11-6-7-12-18(17)23-20(26(19)24-15)21-13-8-14-25(2)16-9-4-3-5-10-16/h3-7,9-12H,8,13-14H2,1-2H3,(H,21,23). The summed E-state index contributed by atoms with van der Waals surface area (Å²) in [5.74, 6) is 1.48. The zero-order valence-electron chi connectivity index (χ0n) is 15.1. The Morgan fingerprint density at radius 2 is 1.77 bits per heavy atom. The molecule has 0 radical (unpaired) electrons. The lowest BCUT2D eigenvalue weighted by molar-refractivity contribution is 0.802. The Bertz CT molecular complexity index is 1020. The van der Waals surface area contributed by atoms with Gasteiger partial charge in [-0.25, -0.2) is 9.97 Å². The summed E-state index contributed by atoms with van der Waals surface area (Å²) in [5, 5.41) is 8.93. The zero-order valence-corrected chi connectivity index (χ0v) is 15.1. The maximum atomic E-state index is 4.73. The van der Waals surface area contributed by atoms with E-state index in [9.17, 15) is 0 Å². The molecule has 0 atom stereocenters. The fourth-order valence-corrected chi connectivity index (χ4v) is 3.10. The Hall–Kier alpha value is -3.15. The van der Waals surface area contributed by atoms with E-state index < -0.39 is 0 Å². The molecule has 0 saturated heterocycles. The van der Waals surface area contributed by atoms with Crippen molar-refractivity contribution in [1.29, 1.82) is 0 Å². The van der Waals surface area contributed by atoms with E-state index in [1.54, 1.807) is 4.52 Å². The third kappa shape index (κ3) is 3.18. The monoisotopic (exact) mass is 346 g/mol. The van der Waals surface area contributed by atoms with Gasteiger partial charge in [-0.2, -0.15) is 4.52 Å². The number of hydrogen-bond donors (Lipinski definition) is 1. The molecule has 0 spiro atoms. The van der Waals surface area contributed by atoms with Crippen molar-refractivity contribution in [3.63, 3.8) is 0 Å². The second kappa shape index (κ2) is 7.00. The fourth-order valence-electron chi connectivity index (χ4n) is 3.10. The van der Waals surface area contributed by atoms with Crippen LogP contribution in [0.15, 0.2) is 54.6 Å². The highest BCUT2D eigenvalue weighted by molar-refractivity contribution is 5.92. The maximum absolute atomic E-state index is 4.73. The third-order valence-corrected chi connectivity index (χ3v) is 4.44. The molecule has 4 aromatic rings. The van der Waals surface area contributed by atoms with Crippen molar-refractivity contribution in [2.45, 2.75) is 13.3 Å². The van der Waals surface area contributed by atoms with E-state index in [4.69, 9.17) is 4.98 Å². The lowest BCUT2D eigenvalue weighted by Gasteiger charge is -2.19. The maximum Gasteiger partial charge on any atom is 0.226 e. The van der Waals surface area contributed by atoms with Gasteiger partial charge in [-0.15, -0.1) is 5.10 Å². The van der Waals surface area contributed by atoms with E-state index in [1.165, 1.54) is 5.69 Å². The third-order valence-electron chi connectivity index (χ3n) is 4.44. The molecule has 26 heavy (non-hydrogen) atoms. The molecule has 2 heterocycles. The molecule has 0 unspecified atom stereocenters. The highest BCUT2D eigenvalue weighted by Crippen LogP contribution is 2.20. The van der Waals surface area contributed by atoms with Gasteiger partial charge in [-0.1, -0.05) is 30.3 Å². The van der Waals surface area contributed by atoms with Crippen LogP contribution in [0, 0.1) is 6.92 Å². The lowest BCUT2D eigenvalue weighted by atomic mass is 10.2. The Balaban J connectivity index is 1.48. The van der Waals surface area contributed by atoms with Gasteiger partial charge in [0.25, 0.3) is 0 Å². The number of aryl methyl sites for hydroxylation is 1. The number of aromatic nitrogens is 4. The summed E-state index contributed by atoms with van der Waals surface area (Å²) < 4.78 is 1.80. The van der Waals surface area contributed by atoms with E-state index in [-0.39, 0.29) is 0 Å². The summed E-state index contributed by atoms with van der Waals surface area (Å²) in [6.07, 6.45) is 0.995. The summed E-state index contributed by atoms with van der Waals surface area (Å²) in [6, 6.07) is 18.4. The van der Waals surface area contributed by atoms with E-state index in [2.05, 4.69) is 51.6 Å². The molecule has 0 aliphatic rings. The fraction of sp³-hybridized carbons (Fsp3) is 0.250. The highest BCUT2D eigenvalue weighted by Gasteiger charge is 2.11. The molecule has 1 N–H and O–H groups in total. The second-order valence-corrected chi connectivity index (χ2v) is 6.38. The first-order chi connectivity index (χ1) is 12.7. The molecule has 6 nitrogen and oxygen atoms in total. The minimum atomic E-state index is 0.738. The van der Waals surface area contributed by atoms with Crippen LogP contribution in [0.2, 0.25) is 0 Å². The minimum Gasteiger partial charge on any atom is -0.375 e. The molecule has 132 valence electrons. The zero-order chi connectivity index (χ0) is 17.9. The molecule has 0 saturated carbocycles. The van der Waals surface area contributed by atoms with Gasteiger partial charge in [0, 0.05) is 31.2 Å². The molecular formula is C20H22N6. The van der Waals surface area contributed by atoms with E-state index in [0.717, 1.165) is 47.8 Å². The summed E-state index contributed by atoms with van der Waals surface area (Å²) in [6.45, 7) is 3.68. The predicted molar refractivity (Wildman–Crippen MR) is 106 cm³/mol. The average molecular weight is 346 g/mol. The molecule has 2 aromatic carbocycles. The quantitative estimate of drug-likeness (QED) is 0.541. The summed E-state index contributed by atoms with van der Waals surface area (Å²) in [4.78, 5) is 11.5. The van der Waals surface area contributed by atoms with Gasteiger partial charge in [-0.3, -0.25) is 0 Å². The second-order valence-electron chi connectivity index (χ2n) is 6.38. The van der Waals surface area contributed by atoms with Crippen LogP contribution in [0.1, 0.15) is 12.2 Å². The smallest absolute Gasteiger partial charge is 0.226 e. The van der Waals surface area contributed by atoms with E-state index >= 15 is 0 Å². The topological polar surface area (TPSA) is 58.4 Å². The Labute approximate surface area is 152 Å². The molecular weight excluding hydrogens is 324 g/mol. The molecule has 2 aromatic heterocycles. The van der Waals surface area contributed by atoms with Gasteiger partial charge < -0.3 is 10.2 Å². The van der Waals surface area contributed by atoms with Gasteiger partial charge in [0.05, 0.1) is 5.52 Å². The summed E-state index contributed by atoms with van der Waals surface area (Å²) in [7, 11) is 2.11. The number of benzene rings is 2. The molecule has 4 rings (SSSR count). The Kier molecular flexibility index (Phi) is 4.39. The van der Waals surface area contributed by atoms with Crippen LogP contribution >= 0.6 is 0 Å². The lowest BCUT2D eigenvalue weighted by Crippen LogP contribution is -2.21. The minimum absolute atomic E-state index is 0.738. The van der Waals surface area contributed by atoms with Crippen molar-refractivity contribution in [2.75, 3.05) is 30.4 Å². The molecule has 0 bridgehead atoms. The Morgan fingerprint density at radius 3 is 2.62 bits per heavy atom. The van der Waals surface area contributed by atoms with Crippen molar-refractivity contribution in [2.24, 2.45) is 0 Å². The first kappa shape index (κ1) is 16.3. The number of nitrogens with zero attached hydrogens (tertiary/aromatic N) is 5. The Morgan fingerprint density at radius 1 is 1.00 bits per heavy atom.